The molecule has 0 saturated heterocycles. The Morgan fingerprint density at radius 3 is 2.33 bits per heavy atom. The SMILES string of the molecule is Cc1ccc(S(=O)(=O)NCC(c2cccnc2)S(=O)(=O)c2ccccc2)s1. The van der Waals surface area contributed by atoms with Crippen molar-refractivity contribution in [3.63, 3.8) is 0 Å². The van der Waals surface area contributed by atoms with E-state index in [-0.39, 0.29) is 15.6 Å². The molecule has 1 aromatic carbocycles. The molecule has 0 amide bonds. The number of sulfone groups is 1. The zero-order valence-corrected chi connectivity index (χ0v) is 16.9. The number of sulfonamides is 1. The average Bonchev–Trinajstić information content (AvgIpc) is 3.11. The molecule has 0 bridgehead atoms. The van der Waals surface area contributed by atoms with Crippen LogP contribution < -0.4 is 4.72 Å². The van der Waals surface area contributed by atoms with Gasteiger partial charge >= 0.3 is 0 Å². The standard InChI is InChI=1S/C18H18N2O4S3/c1-14-9-10-18(25-14)27(23,24)20-13-17(15-6-5-11-19-12-15)26(21,22)16-7-3-2-4-8-16/h2-12,17,20H,13H2,1H3. The van der Waals surface area contributed by atoms with Crippen LogP contribution in [-0.2, 0) is 19.9 Å². The number of nitrogens with one attached hydrogen (secondary N) is 1. The van der Waals surface area contributed by atoms with Gasteiger partial charge in [-0.05, 0) is 42.8 Å². The van der Waals surface area contributed by atoms with Crippen LogP contribution in [0, 0.1) is 6.92 Å². The maximum absolute atomic E-state index is 13.1. The third kappa shape index (κ3) is 4.44. The lowest BCUT2D eigenvalue weighted by atomic mass is 10.2. The highest BCUT2D eigenvalue weighted by Crippen LogP contribution is 2.29. The normalized spacial score (nSPS) is 13.4. The molecule has 2 aromatic heterocycles. The van der Waals surface area contributed by atoms with Crippen molar-refractivity contribution in [1.82, 2.24) is 9.71 Å². The summed E-state index contributed by atoms with van der Waals surface area (Å²) in [4.78, 5) is 4.97. The topological polar surface area (TPSA) is 93.2 Å². The van der Waals surface area contributed by atoms with Gasteiger partial charge in [0.05, 0.1) is 4.90 Å². The Balaban J connectivity index is 1.95. The van der Waals surface area contributed by atoms with Gasteiger partial charge in [0.15, 0.2) is 9.84 Å². The summed E-state index contributed by atoms with van der Waals surface area (Å²) in [7, 11) is -7.62. The Kier molecular flexibility index (Phi) is 5.75. The number of benzene rings is 1. The van der Waals surface area contributed by atoms with Gasteiger partial charge in [-0.15, -0.1) is 11.3 Å². The zero-order chi connectivity index (χ0) is 19.5. The first-order valence-corrected chi connectivity index (χ1v) is 11.9. The van der Waals surface area contributed by atoms with Gasteiger partial charge in [-0.1, -0.05) is 24.3 Å². The maximum Gasteiger partial charge on any atom is 0.250 e. The Labute approximate surface area is 162 Å². The number of pyridine rings is 1. The average molecular weight is 423 g/mol. The fraction of sp³-hybridized carbons (Fsp3) is 0.167. The molecule has 0 saturated carbocycles. The van der Waals surface area contributed by atoms with Crippen molar-refractivity contribution in [3.8, 4) is 0 Å². The van der Waals surface area contributed by atoms with E-state index in [0.717, 1.165) is 16.2 Å². The smallest absolute Gasteiger partial charge is 0.250 e. The van der Waals surface area contributed by atoms with E-state index >= 15 is 0 Å². The van der Waals surface area contributed by atoms with Crippen LogP contribution in [0.25, 0.3) is 0 Å². The summed E-state index contributed by atoms with van der Waals surface area (Å²) < 4.78 is 53.9. The van der Waals surface area contributed by atoms with E-state index in [1.165, 1.54) is 30.6 Å². The highest BCUT2D eigenvalue weighted by molar-refractivity contribution is 7.92. The second-order valence-corrected chi connectivity index (χ2v) is 11.3. The van der Waals surface area contributed by atoms with Crippen LogP contribution in [-0.4, -0.2) is 28.4 Å². The minimum Gasteiger partial charge on any atom is -0.264 e. The van der Waals surface area contributed by atoms with Crippen molar-refractivity contribution >= 4 is 31.2 Å². The zero-order valence-electron chi connectivity index (χ0n) is 14.4. The molecule has 142 valence electrons. The monoisotopic (exact) mass is 422 g/mol. The molecule has 0 fully saturated rings. The molecule has 1 atom stereocenters. The Morgan fingerprint density at radius 2 is 1.74 bits per heavy atom. The number of aryl methyl sites for hydroxylation is 1. The molecule has 3 aromatic rings. The molecule has 0 aliphatic rings. The molecule has 0 spiro atoms. The number of hydrogen-bond donors (Lipinski definition) is 1. The fourth-order valence-corrected chi connectivity index (χ4v) is 6.71. The lowest BCUT2D eigenvalue weighted by Gasteiger charge is -2.18. The summed E-state index contributed by atoms with van der Waals surface area (Å²) >= 11 is 1.13. The Hall–Kier alpha value is -2.07. The summed E-state index contributed by atoms with van der Waals surface area (Å²) in [6.45, 7) is 1.52. The highest BCUT2D eigenvalue weighted by Gasteiger charge is 2.31. The van der Waals surface area contributed by atoms with Crippen LogP contribution in [0.1, 0.15) is 15.7 Å². The largest absolute Gasteiger partial charge is 0.264 e. The lowest BCUT2D eigenvalue weighted by Crippen LogP contribution is -2.31. The Bertz CT molecular complexity index is 1110. The van der Waals surface area contributed by atoms with E-state index in [1.54, 1.807) is 36.4 Å². The predicted molar refractivity (Wildman–Crippen MR) is 105 cm³/mol. The summed E-state index contributed by atoms with van der Waals surface area (Å²) in [5, 5.41) is -1.09. The van der Waals surface area contributed by atoms with Crippen molar-refractivity contribution in [2.75, 3.05) is 6.54 Å². The van der Waals surface area contributed by atoms with Crippen molar-refractivity contribution in [2.45, 2.75) is 21.3 Å². The summed E-state index contributed by atoms with van der Waals surface area (Å²) in [6.07, 6.45) is 2.98. The first-order chi connectivity index (χ1) is 12.8. The third-order valence-electron chi connectivity index (χ3n) is 3.94. The van der Waals surface area contributed by atoms with Gasteiger partial charge in [-0.2, -0.15) is 0 Å². The molecule has 6 nitrogen and oxygen atoms in total. The quantitative estimate of drug-likeness (QED) is 0.632. The van der Waals surface area contributed by atoms with E-state index < -0.39 is 25.1 Å². The van der Waals surface area contributed by atoms with Gasteiger partial charge in [0.25, 0.3) is 0 Å². The van der Waals surface area contributed by atoms with Crippen LogP contribution in [0.2, 0.25) is 0 Å². The van der Waals surface area contributed by atoms with Crippen LogP contribution in [0.4, 0.5) is 0 Å². The van der Waals surface area contributed by atoms with Gasteiger partial charge in [0.1, 0.15) is 9.46 Å². The van der Waals surface area contributed by atoms with E-state index in [0.29, 0.717) is 5.56 Å². The lowest BCUT2D eigenvalue weighted by molar-refractivity contribution is 0.569. The summed E-state index contributed by atoms with van der Waals surface area (Å²) in [6, 6.07) is 14.4. The van der Waals surface area contributed by atoms with E-state index in [9.17, 15) is 16.8 Å². The molecule has 1 N–H and O–H groups in total. The van der Waals surface area contributed by atoms with Crippen molar-refractivity contribution in [3.05, 3.63) is 77.4 Å². The summed E-state index contributed by atoms with van der Waals surface area (Å²) in [5.41, 5.74) is 0.423. The molecular formula is C18H18N2O4S3. The number of thiophene rings is 1. The van der Waals surface area contributed by atoms with Crippen molar-refractivity contribution < 1.29 is 16.8 Å². The molecule has 1 unspecified atom stereocenters. The Morgan fingerprint density at radius 1 is 1.00 bits per heavy atom. The van der Waals surface area contributed by atoms with Gasteiger partial charge in [0.2, 0.25) is 10.0 Å². The molecule has 2 heterocycles. The van der Waals surface area contributed by atoms with Crippen molar-refractivity contribution in [2.24, 2.45) is 0 Å². The predicted octanol–water partition coefficient (Wildman–Crippen LogP) is 2.95. The molecule has 0 aliphatic carbocycles. The second-order valence-electron chi connectivity index (χ2n) is 5.85. The van der Waals surface area contributed by atoms with Gasteiger partial charge in [-0.3, -0.25) is 4.98 Å². The van der Waals surface area contributed by atoms with E-state index in [4.69, 9.17) is 0 Å². The molecule has 9 heteroatoms. The number of hydrogen-bond acceptors (Lipinski definition) is 6. The minimum absolute atomic E-state index is 0.130. The molecule has 27 heavy (non-hydrogen) atoms. The molecule has 0 aliphatic heterocycles. The van der Waals surface area contributed by atoms with Crippen LogP contribution in [0.15, 0.2) is 76.1 Å². The molecule has 3 rings (SSSR count). The molecular weight excluding hydrogens is 404 g/mol. The number of rotatable bonds is 7. The highest BCUT2D eigenvalue weighted by atomic mass is 32.2. The first-order valence-electron chi connectivity index (χ1n) is 8.06. The van der Waals surface area contributed by atoms with Crippen LogP contribution in [0.3, 0.4) is 0 Å². The van der Waals surface area contributed by atoms with Crippen molar-refractivity contribution in [1.29, 1.82) is 0 Å². The first kappa shape index (κ1) is 19.7. The van der Waals surface area contributed by atoms with Crippen LogP contribution in [0.5, 0.6) is 0 Å². The number of nitrogens with zero attached hydrogens (tertiary/aromatic N) is 1. The van der Waals surface area contributed by atoms with Crippen LogP contribution >= 0.6 is 11.3 Å². The maximum atomic E-state index is 13.1. The summed E-state index contributed by atoms with van der Waals surface area (Å²) in [5.74, 6) is 0. The molecule has 0 radical (unpaired) electrons. The van der Waals surface area contributed by atoms with Gasteiger partial charge in [0, 0.05) is 23.8 Å². The number of aromatic nitrogens is 1. The van der Waals surface area contributed by atoms with Gasteiger partial charge in [-0.25, -0.2) is 21.6 Å². The van der Waals surface area contributed by atoms with Gasteiger partial charge < -0.3 is 0 Å². The van der Waals surface area contributed by atoms with E-state index in [1.807, 2.05) is 6.92 Å². The minimum atomic E-state index is -3.82. The second kappa shape index (κ2) is 7.89. The van der Waals surface area contributed by atoms with E-state index in [2.05, 4.69) is 9.71 Å². The third-order valence-corrected chi connectivity index (χ3v) is 8.98. The fourth-order valence-electron chi connectivity index (χ4n) is 2.56.